The van der Waals surface area contributed by atoms with Gasteiger partial charge in [0.25, 0.3) is 5.56 Å². The van der Waals surface area contributed by atoms with Crippen LogP contribution in [0.5, 0.6) is 0 Å². The van der Waals surface area contributed by atoms with E-state index in [0.717, 1.165) is 54.5 Å². The minimum atomic E-state index is -0.116. The second-order valence-corrected chi connectivity index (χ2v) is 7.68. The summed E-state index contributed by atoms with van der Waals surface area (Å²) in [6.45, 7) is 2.71. The van der Waals surface area contributed by atoms with Crippen molar-refractivity contribution in [2.45, 2.75) is 30.5 Å². The van der Waals surface area contributed by atoms with Gasteiger partial charge in [0, 0.05) is 61.0 Å². The molecule has 4 rings (SSSR count). The highest BCUT2D eigenvalue weighted by atomic mass is 32.2. The normalized spacial score (nSPS) is 17.5. The zero-order valence-electron chi connectivity index (χ0n) is 15.7. The molecule has 7 nitrogen and oxygen atoms in total. The van der Waals surface area contributed by atoms with Gasteiger partial charge in [0.05, 0.1) is 5.69 Å². The van der Waals surface area contributed by atoms with Gasteiger partial charge in [0.15, 0.2) is 5.16 Å². The summed E-state index contributed by atoms with van der Waals surface area (Å²) in [5, 5.41) is 0.789. The molecule has 1 atom stereocenters. The molecule has 3 aromatic heterocycles. The van der Waals surface area contributed by atoms with Gasteiger partial charge in [-0.3, -0.25) is 14.7 Å². The lowest BCUT2D eigenvalue weighted by molar-refractivity contribution is 0.198. The zero-order chi connectivity index (χ0) is 19.3. The van der Waals surface area contributed by atoms with Crippen LogP contribution in [-0.4, -0.2) is 49.2 Å². The van der Waals surface area contributed by atoms with E-state index in [9.17, 15) is 4.79 Å². The third kappa shape index (κ3) is 4.45. The average Bonchev–Trinajstić information content (AvgIpc) is 2.75. The molecular weight excluding hydrogens is 372 g/mol. The van der Waals surface area contributed by atoms with Crippen molar-refractivity contribution in [1.82, 2.24) is 29.8 Å². The van der Waals surface area contributed by atoms with Gasteiger partial charge in [-0.25, -0.2) is 15.0 Å². The number of rotatable bonds is 5. The molecule has 1 aliphatic rings. The summed E-state index contributed by atoms with van der Waals surface area (Å²) in [6, 6.07) is 5.34. The number of hydrogen-bond acceptors (Lipinski definition) is 7. The van der Waals surface area contributed by atoms with E-state index < -0.39 is 0 Å². The van der Waals surface area contributed by atoms with Gasteiger partial charge >= 0.3 is 0 Å². The van der Waals surface area contributed by atoms with E-state index in [0.29, 0.717) is 5.82 Å². The summed E-state index contributed by atoms with van der Waals surface area (Å²) in [4.78, 5) is 34.9. The Bertz CT molecular complexity index is 976. The van der Waals surface area contributed by atoms with Gasteiger partial charge in [0.2, 0.25) is 0 Å². The average molecular weight is 395 g/mol. The Morgan fingerprint density at radius 2 is 2.04 bits per heavy atom. The summed E-state index contributed by atoms with van der Waals surface area (Å²) in [7, 11) is 0. The Morgan fingerprint density at radius 3 is 2.79 bits per heavy atom. The van der Waals surface area contributed by atoms with Crippen LogP contribution in [0.4, 0.5) is 0 Å². The van der Waals surface area contributed by atoms with Gasteiger partial charge in [0.1, 0.15) is 5.82 Å². The molecule has 1 unspecified atom stereocenters. The van der Waals surface area contributed by atoms with E-state index in [1.54, 1.807) is 30.2 Å². The van der Waals surface area contributed by atoms with Gasteiger partial charge in [-0.15, -0.1) is 0 Å². The second kappa shape index (κ2) is 8.62. The largest absolute Gasteiger partial charge is 0.307 e. The standard InChI is InChI=1S/C20H22N6OS/c1-28-20-22-10-14(11-23-20)12-26-8-2-3-16(13-26)17-9-18(27)25-19(24-17)15-4-6-21-7-5-15/h4-7,9-11,16H,2-3,8,12-13H2,1H3,(H,24,25,27). The van der Waals surface area contributed by atoms with E-state index in [4.69, 9.17) is 4.98 Å². The first-order valence-electron chi connectivity index (χ1n) is 9.30. The van der Waals surface area contributed by atoms with Crippen molar-refractivity contribution in [2.75, 3.05) is 19.3 Å². The molecular formula is C20H22N6OS. The van der Waals surface area contributed by atoms with Gasteiger partial charge in [-0.05, 0) is 37.8 Å². The lowest BCUT2D eigenvalue weighted by Crippen LogP contribution is -2.34. The fourth-order valence-electron chi connectivity index (χ4n) is 3.56. The molecule has 1 fully saturated rings. The Morgan fingerprint density at radius 1 is 1.25 bits per heavy atom. The maximum Gasteiger partial charge on any atom is 0.251 e. The van der Waals surface area contributed by atoms with Crippen LogP contribution in [0.15, 0.2) is 52.9 Å². The Labute approximate surface area is 167 Å². The monoisotopic (exact) mass is 394 g/mol. The SMILES string of the molecule is CSc1ncc(CN2CCCC(c3cc(=O)[nH]c(-c4ccncc4)n3)C2)cn1. The van der Waals surface area contributed by atoms with Crippen molar-refractivity contribution < 1.29 is 0 Å². The van der Waals surface area contributed by atoms with Crippen LogP contribution >= 0.6 is 11.8 Å². The minimum Gasteiger partial charge on any atom is -0.307 e. The quantitative estimate of drug-likeness (QED) is 0.526. The molecule has 0 saturated carbocycles. The minimum absolute atomic E-state index is 0.116. The summed E-state index contributed by atoms with van der Waals surface area (Å²) < 4.78 is 0. The number of nitrogens with one attached hydrogen (secondary N) is 1. The maximum absolute atomic E-state index is 12.2. The van der Waals surface area contributed by atoms with Crippen LogP contribution in [0.25, 0.3) is 11.4 Å². The first-order valence-corrected chi connectivity index (χ1v) is 10.5. The lowest BCUT2D eigenvalue weighted by atomic mass is 9.94. The zero-order valence-corrected chi connectivity index (χ0v) is 16.5. The molecule has 0 amide bonds. The first-order chi connectivity index (χ1) is 13.7. The van der Waals surface area contributed by atoms with Gasteiger partial charge in [-0.2, -0.15) is 0 Å². The molecule has 3 aromatic rings. The highest BCUT2D eigenvalue weighted by molar-refractivity contribution is 7.98. The van der Waals surface area contributed by atoms with Crippen molar-refractivity contribution in [1.29, 1.82) is 0 Å². The van der Waals surface area contributed by atoms with E-state index >= 15 is 0 Å². The van der Waals surface area contributed by atoms with Crippen molar-refractivity contribution >= 4 is 11.8 Å². The fraction of sp³-hybridized carbons (Fsp3) is 0.350. The number of pyridine rings is 1. The number of likely N-dealkylation sites (tertiary alicyclic amines) is 1. The predicted octanol–water partition coefficient (Wildman–Crippen LogP) is 2.72. The summed E-state index contributed by atoms with van der Waals surface area (Å²) in [6.07, 6.45) is 11.3. The number of aromatic amines is 1. The van der Waals surface area contributed by atoms with Crippen LogP contribution < -0.4 is 5.56 Å². The van der Waals surface area contributed by atoms with E-state index in [2.05, 4.69) is 24.8 Å². The number of hydrogen-bond donors (Lipinski definition) is 1. The molecule has 8 heteroatoms. The van der Waals surface area contributed by atoms with Crippen LogP contribution in [0.2, 0.25) is 0 Å². The van der Waals surface area contributed by atoms with Crippen molar-refractivity contribution in [3.05, 3.63) is 64.6 Å². The Hall–Kier alpha value is -2.58. The molecule has 0 radical (unpaired) electrons. The summed E-state index contributed by atoms with van der Waals surface area (Å²) in [5.74, 6) is 0.839. The van der Waals surface area contributed by atoms with Crippen LogP contribution in [0, 0.1) is 0 Å². The second-order valence-electron chi connectivity index (χ2n) is 6.91. The molecule has 1 N–H and O–H groups in total. The Kier molecular flexibility index (Phi) is 5.78. The molecule has 1 saturated heterocycles. The highest BCUT2D eigenvalue weighted by Gasteiger charge is 2.23. The smallest absolute Gasteiger partial charge is 0.251 e. The number of aromatic nitrogens is 5. The lowest BCUT2D eigenvalue weighted by Gasteiger charge is -2.32. The molecule has 0 bridgehead atoms. The fourth-order valence-corrected chi connectivity index (χ4v) is 3.88. The highest BCUT2D eigenvalue weighted by Crippen LogP contribution is 2.27. The van der Waals surface area contributed by atoms with Gasteiger partial charge in [-0.1, -0.05) is 11.8 Å². The number of thioether (sulfide) groups is 1. The molecule has 144 valence electrons. The molecule has 4 heterocycles. The molecule has 0 aromatic carbocycles. The predicted molar refractivity (Wildman–Crippen MR) is 109 cm³/mol. The molecule has 0 aliphatic carbocycles. The first kappa shape index (κ1) is 18.8. The topological polar surface area (TPSA) is 87.7 Å². The molecule has 0 spiro atoms. The number of H-pyrrole nitrogens is 1. The summed E-state index contributed by atoms with van der Waals surface area (Å²) in [5.41, 5.74) is 2.71. The molecule has 1 aliphatic heterocycles. The number of nitrogens with zero attached hydrogens (tertiary/aromatic N) is 5. The van der Waals surface area contributed by atoms with Crippen LogP contribution in [0.3, 0.4) is 0 Å². The third-order valence-corrected chi connectivity index (χ3v) is 5.49. The summed E-state index contributed by atoms with van der Waals surface area (Å²) >= 11 is 1.54. The van der Waals surface area contributed by atoms with Crippen LogP contribution in [0.1, 0.15) is 30.0 Å². The van der Waals surface area contributed by atoms with Crippen molar-refractivity contribution in [2.24, 2.45) is 0 Å². The van der Waals surface area contributed by atoms with E-state index in [1.165, 1.54) is 0 Å². The van der Waals surface area contributed by atoms with Crippen molar-refractivity contribution in [3.8, 4) is 11.4 Å². The maximum atomic E-state index is 12.2. The third-order valence-electron chi connectivity index (χ3n) is 4.91. The van der Waals surface area contributed by atoms with Gasteiger partial charge < -0.3 is 4.98 Å². The molecule has 28 heavy (non-hydrogen) atoms. The number of piperidine rings is 1. The van der Waals surface area contributed by atoms with Crippen molar-refractivity contribution in [3.63, 3.8) is 0 Å². The van der Waals surface area contributed by atoms with Crippen LogP contribution in [-0.2, 0) is 6.54 Å². The van der Waals surface area contributed by atoms with E-state index in [-0.39, 0.29) is 11.5 Å². The Balaban J connectivity index is 1.51. The van der Waals surface area contributed by atoms with E-state index in [1.807, 2.05) is 30.8 Å².